The van der Waals surface area contributed by atoms with Crippen LogP contribution in [0.2, 0.25) is 0 Å². The number of aromatic nitrogens is 2. The smallest absolute Gasteiger partial charge is 0.0947 e. The molecule has 2 heterocycles. The lowest BCUT2D eigenvalue weighted by molar-refractivity contribution is 0.570. The van der Waals surface area contributed by atoms with E-state index >= 15 is 0 Å². The molecule has 0 saturated carbocycles. The molecule has 0 bridgehead atoms. The van der Waals surface area contributed by atoms with Crippen LogP contribution in [0, 0.1) is 20.8 Å². The van der Waals surface area contributed by atoms with Gasteiger partial charge in [-0.2, -0.15) is 0 Å². The van der Waals surface area contributed by atoms with Crippen molar-refractivity contribution in [2.45, 2.75) is 33.2 Å². The summed E-state index contributed by atoms with van der Waals surface area (Å²) in [6.07, 6.45) is 2.83. The SMILES string of the molecule is CNC(Cc1nc(C)cs1)c1ncc(C)cc1C. The van der Waals surface area contributed by atoms with Crippen LogP contribution in [-0.2, 0) is 6.42 Å². The Kier molecular flexibility index (Phi) is 4.09. The van der Waals surface area contributed by atoms with E-state index in [1.165, 1.54) is 11.1 Å². The summed E-state index contributed by atoms with van der Waals surface area (Å²) in [6, 6.07) is 2.41. The summed E-state index contributed by atoms with van der Waals surface area (Å²) in [5, 5.41) is 6.60. The number of rotatable bonds is 4. The molecule has 1 atom stereocenters. The summed E-state index contributed by atoms with van der Waals surface area (Å²) < 4.78 is 0. The third-order valence-corrected chi connectivity index (χ3v) is 3.97. The Labute approximate surface area is 112 Å². The first kappa shape index (κ1) is 13.2. The quantitative estimate of drug-likeness (QED) is 0.919. The molecule has 96 valence electrons. The first-order valence-corrected chi connectivity index (χ1v) is 6.99. The van der Waals surface area contributed by atoms with Gasteiger partial charge in [-0.25, -0.2) is 4.98 Å². The number of hydrogen-bond donors (Lipinski definition) is 1. The first-order valence-electron chi connectivity index (χ1n) is 6.11. The van der Waals surface area contributed by atoms with Gasteiger partial charge in [-0.3, -0.25) is 4.98 Å². The molecular formula is C14H19N3S. The summed E-state index contributed by atoms with van der Waals surface area (Å²) in [7, 11) is 1.98. The lowest BCUT2D eigenvalue weighted by Crippen LogP contribution is -2.21. The highest BCUT2D eigenvalue weighted by Gasteiger charge is 2.15. The van der Waals surface area contributed by atoms with Gasteiger partial charge in [0.15, 0.2) is 0 Å². The van der Waals surface area contributed by atoms with Gasteiger partial charge >= 0.3 is 0 Å². The van der Waals surface area contributed by atoms with Crippen LogP contribution in [0.4, 0.5) is 0 Å². The highest BCUT2D eigenvalue weighted by atomic mass is 32.1. The molecule has 0 spiro atoms. The number of nitrogens with zero attached hydrogens (tertiary/aromatic N) is 2. The number of pyridine rings is 1. The average Bonchev–Trinajstić information content (AvgIpc) is 2.72. The number of thiazole rings is 1. The molecule has 2 rings (SSSR count). The number of nitrogens with one attached hydrogen (secondary N) is 1. The second-order valence-electron chi connectivity index (χ2n) is 4.64. The van der Waals surface area contributed by atoms with Crippen molar-refractivity contribution in [2.75, 3.05) is 7.05 Å². The van der Waals surface area contributed by atoms with Crippen molar-refractivity contribution in [2.24, 2.45) is 0 Å². The van der Waals surface area contributed by atoms with E-state index in [1.807, 2.05) is 20.2 Å². The zero-order valence-electron chi connectivity index (χ0n) is 11.3. The fraction of sp³-hybridized carbons (Fsp3) is 0.429. The van der Waals surface area contributed by atoms with Crippen LogP contribution in [-0.4, -0.2) is 17.0 Å². The van der Waals surface area contributed by atoms with Gasteiger partial charge in [-0.05, 0) is 38.9 Å². The van der Waals surface area contributed by atoms with Gasteiger partial charge in [-0.1, -0.05) is 6.07 Å². The number of hydrogen-bond acceptors (Lipinski definition) is 4. The minimum Gasteiger partial charge on any atom is -0.311 e. The van der Waals surface area contributed by atoms with Gasteiger partial charge in [0.2, 0.25) is 0 Å². The van der Waals surface area contributed by atoms with Crippen LogP contribution < -0.4 is 5.32 Å². The maximum atomic E-state index is 4.57. The Morgan fingerprint density at radius 3 is 2.67 bits per heavy atom. The van der Waals surface area contributed by atoms with E-state index in [-0.39, 0.29) is 6.04 Å². The lowest BCUT2D eigenvalue weighted by atomic mass is 10.0. The van der Waals surface area contributed by atoms with Crippen LogP contribution in [0.3, 0.4) is 0 Å². The fourth-order valence-corrected chi connectivity index (χ4v) is 2.92. The fourth-order valence-electron chi connectivity index (χ4n) is 2.10. The Hall–Kier alpha value is -1.26. The van der Waals surface area contributed by atoms with Crippen LogP contribution >= 0.6 is 11.3 Å². The van der Waals surface area contributed by atoms with Crippen molar-refractivity contribution in [3.8, 4) is 0 Å². The molecule has 0 aliphatic carbocycles. The molecular weight excluding hydrogens is 242 g/mol. The molecule has 0 aromatic carbocycles. The van der Waals surface area contributed by atoms with E-state index < -0.39 is 0 Å². The van der Waals surface area contributed by atoms with Gasteiger partial charge in [0.1, 0.15) is 0 Å². The highest BCUT2D eigenvalue weighted by Crippen LogP contribution is 2.21. The Bertz CT molecular complexity index is 534. The van der Waals surface area contributed by atoms with Gasteiger partial charge < -0.3 is 5.32 Å². The molecule has 0 aliphatic heterocycles. The second kappa shape index (κ2) is 5.59. The molecule has 1 unspecified atom stereocenters. The summed E-state index contributed by atoms with van der Waals surface area (Å²) in [5.74, 6) is 0. The van der Waals surface area contributed by atoms with Crippen LogP contribution in [0.15, 0.2) is 17.6 Å². The molecule has 1 N–H and O–H groups in total. The maximum Gasteiger partial charge on any atom is 0.0947 e. The molecule has 3 nitrogen and oxygen atoms in total. The summed E-state index contributed by atoms with van der Waals surface area (Å²) in [6.45, 7) is 6.22. The minimum atomic E-state index is 0.233. The molecule has 0 amide bonds. The molecule has 0 aliphatic rings. The molecule has 18 heavy (non-hydrogen) atoms. The molecule has 0 saturated heterocycles. The third-order valence-electron chi connectivity index (χ3n) is 2.98. The predicted octanol–water partition coefficient (Wildman–Crippen LogP) is 2.97. The summed E-state index contributed by atoms with van der Waals surface area (Å²) in [4.78, 5) is 9.09. The zero-order chi connectivity index (χ0) is 13.1. The Morgan fingerprint density at radius 2 is 2.11 bits per heavy atom. The normalized spacial score (nSPS) is 12.7. The largest absolute Gasteiger partial charge is 0.311 e. The van der Waals surface area contributed by atoms with E-state index in [4.69, 9.17) is 0 Å². The van der Waals surface area contributed by atoms with E-state index in [0.717, 1.165) is 22.8 Å². The van der Waals surface area contributed by atoms with Crippen molar-refractivity contribution in [1.82, 2.24) is 15.3 Å². The standard InChI is InChI=1S/C14H19N3S/c1-9-5-10(2)14(16-7-9)12(15-4)6-13-17-11(3)8-18-13/h5,7-8,12,15H,6H2,1-4H3. The van der Waals surface area contributed by atoms with Crippen LogP contribution in [0.25, 0.3) is 0 Å². The monoisotopic (exact) mass is 261 g/mol. The van der Waals surface area contributed by atoms with Gasteiger partial charge in [-0.15, -0.1) is 11.3 Å². The van der Waals surface area contributed by atoms with Crippen molar-refractivity contribution >= 4 is 11.3 Å². The summed E-state index contributed by atoms with van der Waals surface area (Å²) >= 11 is 1.72. The molecule has 2 aromatic heterocycles. The average molecular weight is 261 g/mol. The topological polar surface area (TPSA) is 37.8 Å². The van der Waals surface area contributed by atoms with E-state index in [0.29, 0.717) is 0 Å². The van der Waals surface area contributed by atoms with Crippen LogP contribution in [0.5, 0.6) is 0 Å². The minimum absolute atomic E-state index is 0.233. The third kappa shape index (κ3) is 2.94. The summed E-state index contributed by atoms with van der Waals surface area (Å²) in [5.41, 5.74) is 4.66. The van der Waals surface area contributed by atoms with Gasteiger partial charge in [0.05, 0.1) is 16.7 Å². The Balaban J connectivity index is 2.22. The van der Waals surface area contributed by atoms with Crippen molar-refractivity contribution in [3.05, 3.63) is 45.2 Å². The number of likely N-dealkylation sites (N-methyl/N-ethyl adjacent to an activating group) is 1. The van der Waals surface area contributed by atoms with Gasteiger partial charge in [0, 0.05) is 23.7 Å². The van der Waals surface area contributed by atoms with Crippen LogP contribution in [0.1, 0.15) is 33.6 Å². The Morgan fingerprint density at radius 1 is 1.33 bits per heavy atom. The van der Waals surface area contributed by atoms with E-state index in [2.05, 4.69) is 40.6 Å². The van der Waals surface area contributed by atoms with Crippen molar-refractivity contribution in [3.63, 3.8) is 0 Å². The highest BCUT2D eigenvalue weighted by molar-refractivity contribution is 7.09. The van der Waals surface area contributed by atoms with Crippen molar-refractivity contribution < 1.29 is 0 Å². The van der Waals surface area contributed by atoms with Gasteiger partial charge in [0.25, 0.3) is 0 Å². The van der Waals surface area contributed by atoms with E-state index in [1.54, 1.807) is 11.3 Å². The molecule has 4 heteroatoms. The molecule has 0 radical (unpaired) electrons. The molecule has 2 aromatic rings. The van der Waals surface area contributed by atoms with Crippen molar-refractivity contribution in [1.29, 1.82) is 0 Å². The maximum absolute atomic E-state index is 4.57. The first-order chi connectivity index (χ1) is 8.60. The second-order valence-corrected chi connectivity index (χ2v) is 5.59. The zero-order valence-corrected chi connectivity index (χ0v) is 12.1. The lowest BCUT2D eigenvalue weighted by Gasteiger charge is -2.16. The predicted molar refractivity (Wildman–Crippen MR) is 76.1 cm³/mol. The van der Waals surface area contributed by atoms with E-state index in [9.17, 15) is 0 Å². The number of aryl methyl sites for hydroxylation is 3. The molecule has 0 fully saturated rings.